The Balaban J connectivity index is 2.52. The minimum atomic E-state index is -0.437. The molecule has 1 aromatic carbocycles. The molecule has 0 saturated carbocycles. The van der Waals surface area contributed by atoms with Gasteiger partial charge in [0.25, 0.3) is 5.69 Å². The smallest absolute Gasteiger partial charge is 0.280 e. The van der Waals surface area contributed by atoms with E-state index < -0.39 is 4.92 Å². The number of nitro groups is 1. The maximum atomic E-state index is 10.9. The molecule has 1 heterocycles. The summed E-state index contributed by atoms with van der Waals surface area (Å²) in [7, 11) is 0. The van der Waals surface area contributed by atoms with Crippen LogP contribution in [0.1, 0.15) is 6.92 Å². The largest absolute Gasteiger partial charge is 0.494 e. The average molecular weight is 233 g/mol. The van der Waals surface area contributed by atoms with Gasteiger partial charge < -0.3 is 9.15 Å². The zero-order chi connectivity index (χ0) is 12.3. The monoisotopic (exact) mass is 233 g/mol. The van der Waals surface area contributed by atoms with Gasteiger partial charge in [-0.1, -0.05) is 0 Å². The van der Waals surface area contributed by atoms with Crippen molar-refractivity contribution in [2.24, 2.45) is 0 Å². The van der Waals surface area contributed by atoms with Gasteiger partial charge >= 0.3 is 0 Å². The van der Waals surface area contributed by atoms with Crippen LogP contribution in [0.3, 0.4) is 0 Å². The molecule has 0 unspecified atom stereocenters. The number of hydrogen-bond acceptors (Lipinski definition) is 4. The summed E-state index contributed by atoms with van der Waals surface area (Å²) in [5.74, 6) is 1.04. The first-order valence-electron chi connectivity index (χ1n) is 5.17. The number of benzene rings is 1. The molecule has 0 aliphatic heterocycles. The van der Waals surface area contributed by atoms with E-state index in [-0.39, 0.29) is 5.69 Å². The third-order valence-electron chi connectivity index (χ3n) is 2.26. The summed E-state index contributed by atoms with van der Waals surface area (Å²) in [5, 5.41) is 10.9. The fourth-order valence-corrected chi connectivity index (χ4v) is 1.56. The van der Waals surface area contributed by atoms with Crippen LogP contribution >= 0.6 is 0 Å². The van der Waals surface area contributed by atoms with E-state index in [1.54, 1.807) is 24.3 Å². The summed E-state index contributed by atoms with van der Waals surface area (Å²) in [5.41, 5.74) is 0.425. The maximum absolute atomic E-state index is 10.9. The van der Waals surface area contributed by atoms with Crippen molar-refractivity contribution in [2.45, 2.75) is 6.92 Å². The molecule has 0 atom stereocenters. The highest BCUT2D eigenvalue weighted by Crippen LogP contribution is 2.33. The van der Waals surface area contributed by atoms with Gasteiger partial charge in [0.15, 0.2) is 0 Å². The van der Waals surface area contributed by atoms with Gasteiger partial charge in [0.05, 0.1) is 23.4 Å². The van der Waals surface area contributed by atoms with Crippen LogP contribution in [-0.2, 0) is 0 Å². The molecule has 0 aliphatic rings. The van der Waals surface area contributed by atoms with Gasteiger partial charge in [0, 0.05) is 6.07 Å². The molecule has 17 heavy (non-hydrogen) atoms. The van der Waals surface area contributed by atoms with Crippen molar-refractivity contribution in [1.29, 1.82) is 0 Å². The van der Waals surface area contributed by atoms with E-state index >= 15 is 0 Å². The summed E-state index contributed by atoms with van der Waals surface area (Å²) < 4.78 is 10.5. The van der Waals surface area contributed by atoms with E-state index in [1.807, 2.05) is 6.92 Å². The summed E-state index contributed by atoms with van der Waals surface area (Å²) in [4.78, 5) is 10.5. The van der Waals surface area contributed by atoms with Crippen LogP contribution in [0.2, 0.25) is 0 Å². The van der Waals surface area contributed by atoms with E-state index in [9.17, 15) is 10.1 Å². The van der Waals surface area contributed by atoms with Crippen LogP contribution < -0.4 is 4.74 Å². The van der Waals surface area contributed by atoms with Crippen molar-refractivity contribution in [2.75, 3.05) is 6.61 Å². The molecule has 0 bridgehead atoms. The molecule has 0 aliphatic carbocycles. The molecule has 0 fully saturated rings. The van der Waals surface area contributed by atoms with Gasteiger partial charge in [0.1, 0.15) is 11.5 Å². The van der Waals surface area contributed by atoms with Crippen molar-refractivity contribution < 1.29 is 14.1 Å². The Kier molecular flexibility index (Phi) is 3.09. The standard InChI is InChI=1S/C12H11NO4/c1-2-16-9-5-6-11(13(14)15)10(8-9)12-4-3-7-17-12/h3-8H,2H2,1H3. The predicted octanol–water partition coefficient (Wildman–Crippen LogP) is 3.25. The normalized spacial score (nSPS) is 10.2. The van der Waals surface area contributed by atoms with Crippen LogP contribution in [0, 0.1) is 10.1 Å². The van der Waals surface area contributed by atoms with Crippen molar-refractivity contribution in [3.8, 4) is 17.1 Å². The summed E-state index contributed by atoms with van der Waals surface area (Å²) >= 11 is 0. The zero-order valence-electron chi connectivity index (χ0n) is 9.25. The molecule has 5 heteroatoms. The molecule has 0 spiro atoms. The Bertz CT molecular complexity index is 519. The minimum Gasteiger partial charge on any atom is -0.494 e. The van der Waals surface area contributed by atoms with Crippen LogP contribution in [0.4, 0.5) is 5.69 Å². The Morgan fingerprint density at radius 2 is 2.24 bits per heavy atom. The molecule has 0 amide bonds. The lowest BCUT2D eigenvalue weighted by molar-refractivity contribution is -0.384. The highest BCUT2D eigenvalue weighted by molar-refractivity contribution is 5.71. The minimum absolute atomic E-state index is 0.00315. The third kappa shape index (κ3) is 2.28. The Labute approximate surface area is 97.8 Å². The fraction of sp³-hybridized carbons (Fsp3) is 0.167. The van der Waals surface area contributed by atoms with Crippen LogP contribution in [-0.4, -0.2) is 11.5 Å². The average Bonchev–Trinajstić information content (AvgIpc) is 2.82. The van der Waals surface area contributed by atoms with Gasteiger partial charge in [-0.15, -0.1) is 0 Å². The summed E-state index contributed by atoms with van der Waals surface area (Å²) in [6.07, 6.45) is 1.48. The molecule has 1 aromatic heterocycles. The maximum Gasteiger partial charge on any atom is 0.280 e. The highest BCUT2D eigenvalue weighted by Gasteiger charge is 2.18. The first-order valence-corrected chi connectivity index (χ1v) is 5.17. The predicted molar refractivity (Wildman–Crippen MR) is 62.0 cm³/mol. The van der Waals surface area contributed by atoms with Gasteiger partial charge in [-0.3, -0.25) is 10.1 Å². The van der Waals surface area contributed by atoms with Crippen LogP contribution in [0.15, 0.2) is 41.0 Å². The highest BCUT2D eigenvalue weighted by atomic mass is 16.6. The van der Waals surface area contributed by atoms with Crippen molar-refractivity contribution >= 4 is 5.69 Å². The lowest BCUT2D eigenvalue weighted by Gasteiger charge is -2.05. The Morgan fingerprint density at radius 3 is 2.82 bits per heavy atom. The number of hydrogen-bond donors (Lipinski definition) is 0. The second-order valence-electron chi connectivity index (χ2n) is 3.35. The molecule has 88 valence electrons. The van der Waals surface area contributed by atoms with Gasteiger partial charge in [-0.05, 0) is 31.2 Å². The number of ether oxygens (including phenoxy) is 1. The zero-order valence-corrected chi connectivity index (χ0v) is 9.25. The van der Waals surface area contributed by atoms with E-state index in [1.165, 1.54) is 12.3 Å². The van der Waals surface area contributed by atoms with Gasteiger partial charge in [0.2, 0.25) is 0 Å². The van der Waals surface area contributed by atoms with Crippen molar-refractivity contribution in [1.82, 2.24) is 0 Å². The first-order chi connectivity index (χ1) is 8.22. The van der Waals surface area contributed by atoms with Gasteiger partial charge in [-0.2, -0.15) is 0 Å². The second kappa shape index (κ2) is 4.69. The Morgan fingerprint density at radius 1 is 1.41 bits per heavy atom. The summed E-state index contributed by atoms with van der Waals surface area (Å²) in [6.45, 7) is 2.36. The van der Waals surface area contributed by atoms with Crippen LogP contribution in [0.5, 0.6) is 5.75 Å². The number of nitrogens with zero attached hydrogens (tertiary/aromatic N) is 1. The molecule has 5 nitrogen and oxygen atoms in total. The second-order valence-corrected chi connectivity index (χ2v) is 3.35. The first kappa shape index (κ1) is 11.2. The van der Waals surface area contributed by atoms with Crippen molar-refractivity contribution in [3.63, 3.8) is 0 Å². The number of furan rings is 1. The molecule has 0 saturated heterocycles. The summed E-state index contributed by atoms with van der Waals surface area (Å²) in [6, 6.07) is 7.97. The molecule has 2 rings (SSSR count). The van der Waals surface area contributed by atoms with E-state index in [0.29, 0.717) is 23.7 Å². The van der Waals surface area contributed by atoms with Gasteiger partial charge in [-0.25, -0.2) is 0 Å². The van der Waals surface area contributed by atoms with E-state index in [0.717, 1.165) is 0 Å². The fourth-order valence-electron chi connectivity index (χ4n) is 1.56. The third-order valence-corrected chi connectivity index (χ3v) is 2.26. The number of rotatable bonds is 4. The molecular formula is C12H11NO4. The lowest BCUT2D eigenvalue weighted by Crippen LogP contribution is -1.95. The quantitative estimate of drug-likeness (QED) is 0.600. The number of nitro benzene ring substituents is 1. The Hall–Kier alpha value is -2.30. The molecule has 0 N–H and O–H groups in total. The molecule has 2 aromatic rings. The lowest BCUT2D eigenvalue weighted by atomic mass is 10.1. The SMILES string of the molecule is CCOc1ccc([N+](=O)[O-])c(-c2ccco2)c1. The molecule has 0 radical (unpaired) electrons. The van der Waals surface area contributed by atoms with E-state index in [2.05, 4.69) is 0 Å². The van der Waals surface area contributed by atoms with E-state index in [4.69, 9.17) is 9.15 Å². The topological polar surface area (TPSA) is 65.5 Å². The van der Waals surface area contributed by atoms with Crippen molar-refractivity contribution in [3.05, 3.63) is 46.7 Å². The van der Waals surface area contributed by atoms with Crippen LogP contribution in [0.25, 0.3) is 11.3 Å². The molecular weight excluding hydrogens is 222 g/mol.